The van der Waals surface area contributed by atoms with Crippen LogP contribution in [0.1, 0.15) is 5.56 Å². The van der Waals surface area contributed by atoms with Gasteiger partial charge in [-0.1, -0.05) is 30.3 Å². The topological polar surface area (TPSA) is 9.23 Å². The first-order valence-electron chi connectivity index (χ1n) is 5.61. The Bertz CT molecular complexity index is 610. The lowest BCUT2D eigenvalue weighted by Crippen LogP contribution is -2.17. The second-order valence-electron chi connectivity index (χ2n) is 3.95. The van der Waals surface area contributed by atoms with Gasteiger partial charge in [0.05, 0.1) is 0 Å². The molecule has 0 aliphatic heterocycles. The van der Waals surface area contributed by atoms with E-state index < -0.39 is 17.9 Å². The Morgan fingerprint density at radius 1 is 1.00 bits per heavy atom. The Balaban J connectivity index is 2.59. The fourth-order valence-electron chi connectivity index (χ4n) is 1.87. The highest BCUT2D eigenvalue weighted by molar-refractivity contribution is 6.17. The molecule has 106 valence electrons. The molecule has 0 heterocycles. The van der Waals surface area contributed by atoms with Crippen LogP contribution >= 0.6 is 11.6 Å². The minimum Gasteiger partial charge on any atom is -0.405 e. The summed E-state index contributed by atoms with van der Waals surface area (Å²) in [5.41, 5.74) is 0.422. The number of benzene rings is 2. The molecule has 6 heteroatoms. The van der Waals surface area contributed by atoms with Gasteiger partial charge in [-0.2, -0.15) is 0 Å². The summed E-state index contributed by atoms with van der Waals surface area (Å²) in [6.07, 6.45) is -4.84. The zero-order valence-electron chi connectivity index (χ0n) is 10.0. The normalized spacial score (nSPS) is 11.4. The molecular formula is C14H9ClF4O. The van der Waals surface area contributed by atoms with Crippen LogP contribution in [0.4, 0.5) is 17.6 Å². The fraction of sp³-hybridized carbons (Fsp3) is 0.143. The van der Waals surface area contributed by atoms with E-state index in [4.69, 9.17) is 11.6 Å². The lowest BCUT2D eigenvalue weighted by Gasteiger charge is -2.15. The molecule has 0 aliphatic carbocycles. The first-order chi connectivity index (χ1) is 9.42. The average molecular weight is 305 g/mol. The molecule has 0 aliphatic rings. The number of rotatable bonds is 3. The zero-order chi connectivity index (χ0) is 14.8. The van der Waals surface area contributed by atoms with Gasteiger partial charge in [0.2, 0.25) is 0 Å². The second kappa shape index (κ2) is 5.71. The van der Waals surface area contributed by atoms with Gasteiger partial charge < -0.3 is 4.74 Å². The van der Waals surface area contributed by atoms with Gasteiger partial charge in [0.25, 0.3) is 0 Å². The van der Waals surface area contributed by atoms with E-state index in [1.54, 1.807) is 6.07 Å². The summed E-state index contributed by atoms with van der Waals surface area (Å²) in [6.45, 7) is 0. The van der Waals surface area contributed by atoms with Crippen molar-refractivity contribution in [2.45, 2.75) is 12.2 Å². The summed E-state index contributed by atoms with van der Waals surface area (Å²) < 4.78 is 55.0. The lowest BCUT2D eigenvalue weighted by molar-refractivity contribution is -0.274. The summed E-state index contributed by atoms with van der Waals surface area (Å²) in [4.78, 5) is 0. The van der Waals surface area contributed by atoms with Crippen LogP contribution in [0.2, 0.25) is 0 Å². The monoisotopic (exact) mass is 304 g/mol. The second-order valence-corrected chi connectivity index (χ2v) is 4.22. The minimum atomic E-state index is -4.84. The summed E-state index contributed by atoms with van der Waals surface area (Å²) in [5.74, 6) is -1.13. The van der Waals surface area contributed by atoms with Crippen molar-refractivity contribution in [3.05, 3.63) is 53.8 Å². The van der Waals surface area contributed by atoms with E-state index in [-0.39, 0.29) is 17.0 Å². The summed E-state index contributed by atoms with van der Waals surface area (Å²) in [7, 11) is 0. The first-order valence-corrected chi connectivity index (χ1v) is 6.14. The number of ether oxygens (including phenoxy) is 1. The number of halogens is 5. The smallest absolute Gasteiger partial charge is 0.405 e. The molecule has 0 atom stereocenters. The third-order valence-electron chi connectivity index (χ3n) is 2.63. The molecular weight excluding hydrogens is 296 g/mol. The highest BCUT2D eigenvalue weighted by Crippen LogP contribution is 2.37. The van der Waals surface area contributed by atoms with Gasteiger partial charge in [0.15, 0.2) is 0 Å². The van der Waals surface area contributed by atoms with Crippen LogP contribution in [0.25, 0.3) is 11.1 Å². The number of alkyl halides is 4. The maximum atomic E-state index is 13.9. The third kappa shape index (κ3) is 3.22. The highest BCUT2D eigenvalue weighted by atomic mass is 35.5. The molecule has 2 rings (SSSR count). The molecule has 0 aromatic heterocycles. The van der Waals surface area contributed by atoms with Gasteiger partial charge in [-0.15, -0.1) is 24.8 Å². The molecule has 0 unspecified atom stereocenters. The Morgan fingerprint density at radius 2 is 1.70 bits per heavy atom. The van der Waals surface area contributed by atoms with Crippen molar-refractivity contribution in [2.24, 2.45) is 0 Å². The predicted molar refractivity (Wildman–Crippen MR) is 68.1 cm³/mol. The summed E-state index contributed by atoms with van der Waals surface area (Å²) >= 11 is 5.71. The molecule has 20 heavy (non-hydrogen) atoms. The number of para-hydroxylation sites is 1. The van der Waals surface area contributed by atoms with Gasteiger partial charge in [-0.05, 0) is 17.7 Å². The SMILES string of the molecule is Fc1cccc(CCl)c1-c1ccccc1OC(F)(F)F. The standard InChI is InChI=1S/C14H9ClF4O/c15-8-9-4-3-6-11(16)13(9)10-5-1-2-7-12(10)20-14(17,18)19/h1-7H,8H2. The molecule has 0 N–H and O–H groups in total. The van der Waals surface area contributed by atoms with Crippen LogP contribution in [0.15, 0.2) is 42.5 Å². The van der Waals surface area contributed by atoms with Gasteiger partial charge in [-0.25, -0.2) is 4.39 Å². The van der Waals surface area contributed by atoms with Crippen molar-refractivity contribution >= 4 is 11.6 Å². The van der Waals surface area contributed by atoms with Gasteiger partial charge in [-0.3, -0.25) is 0 Å². The molecule has 0 fully saturated rings. The summed E-state index contributed by atoms with van der Waals surface area (Å²) in [6, 6.07) is 9.53. The maximum absolute atomic E-state index is 13.9. The zero-order valence-corrected chi connectivity index (χ0v) is 10.8. The fourth-order valence-corrected chi connectivity index (χ4v) is 2.09. The molecule has 0 spiro atoms. The summed E-state index contributed by atoms with van der Waals surface area (Å²) in [5, 5.41) is 0. The quantitative estimate of drug-likeness (QED) is 0.564. The lowest BCUT2D eigenvalue weighted by atomic mass is 9.99. The van der Waals surface area contributed by atoms with E-state index in [9.17, 15) is 17.6 Å². The van der Waals surface area contributed by atoms with Crippen molar-refractivity contribution in [1.82, 2.24) is 0 Å². The van der Waals surface area contributed by atoms with Crippen molar-refractivity contribution in [3.63, 3.8) is 0 Å². The van der Waals surface area contributed by atoms with E-state index in [0.717, 1.165) is 12.1 Å². The maximum Gasteiger partial charge on any atom is 0.573 e. The van der Waals surface area contributed by atoms with Crippen LogP contribution in [0.5, 0.6) is 5.75 Å². The Labute approximate surface area is 117 Å². The van der Waals surface area contributed by atoms with E-state index in [1.165, 1.54) is 24.3 Å². The van der Waals surface area contributed by atoms with Gasteiger partial charge in [0, 0.05) is 17.0 Å². The largest absolute Gasteiger partial charge is 0.573 e. The van der Waals surface area contributed by atoms with Crippen molar-refractivity contribution in [2.75, 3.05) is 0 Å². The number of hydrogen-bond donors (Lipinski definition) is 0. The van der Waals surface area contributed by atoms with Crippen molar-refractivity contribution < 1.29 is 22.3 Å². The minimum absolute atomic E-state index is 0.0126. The molecule has 0 bridgehead atoms. The molecule has 0 saturated carbocycles. The number of hydrogen-bond acceptors (Lipinski definition) is 1. The molecule has 2 aromatic carbocycles. The van der Waals surface area contributed by atoms with Gasteiger partial charge in [0.1, 0.15) is 11.6 Å². The molecule has 2 aromatic rings. The van der Waals surface area contributed by atoms with Gasteiger partial charge >= 0.3 is 6.36 Å². The van der Waals surface area contributed by atoms with Crippen LogP contribution in [-0.4, -0.2) is 6.36 Å². The van der Waals surface area contributed by atoms with Crippen LogP contribution in [-0.2, 0) is 5.88 Å². The Morgan fingerprint density at radius 3 is 2.35 bits per heavy atom. The molecule has 0 saturated heterocycles. The van der Waals surface area contributed by atoms with Crippen molar-refractivity contribution in [3.8, 4) is 16.9 Å². The van der Waals surface area contributed by atoms with E-state index in [2.05, 4.69) is 4.74 Å². The van der Waals surface area contributed by atoms with E-state index in [1.807, 2.05) is 0 Å². The van der Waals surface area contributed by atoms with E-state index in [0.29, 0.717) is 5.56 Å². The van der Waals surface area contributed by atoms with Crippen LogP contribution in [0.3, 0.4) is 0 Å². The van der Waals surface area contributed by atoms with Crippen LogP contribution in [0, 0.1) is 5.82 Å². The first kappa shape index (κ1) is 14.7. The molecule has 0 amide bonds. The molecule has 1 nitrogen and oxygen atoms in total. The van der Waals surface area contributed by atoms with Crippen LogP contribution < -0.4 is 4.74 Å². The Hall–Kier alpha value is -1.75. The Kier molecular flexibility index (Phi) is 4.18. The van der Waals surface area contributed by atoms with E-state index >= 15 is 0 Å². The van der Waals surface area contributed by atoms with Crippen molar-refractivity contribution in [1.29, 1.82) is 0 Å². The predicted octanol–water partition coefficient (Wildman–Crippen LogP) is 5.13. The highest BCUT2D eigenvalue weighted by Gasteiger charge is 2.32. The molecule has 0 radical (unpaired) electrons. The average Bonchev–Trinajstić information content (AvgIpc) is 2.37. The third-order valence-corrected chi connectivity index (χ3v) is 2.91.